The first kappa shape index (κ1) is 9.07. The Hall–Kier alpha value is -1.02. The summed E-state index contributed by atoms with van der Waals surface area (Å²) in [6, 6.07) is 3.68. The molecule has 2 unspecified atom stereocenters. The van der Waals surface area contributed by atoms with E-state index >= 15 is 0 Å². The van der Waals surface area contributed by atoms with Crippen molar-refractivity contribution in [3.63, 3.8) is 0 Å². The summed E-state index contributed by atoms with van der Waals surface area (Å²) >= 11 is 0. The van der Waals surface area contributed by atoms with Crippen molar-refractivity contribution in [2.75, 3.05) is 0 Å². The molecule has 1 aromatic rings. The van der Waals surface area contributed by atoms with Gasteiger partial charge in [0.15, 0.2) is 0 Å². The SMILES string of the molecule is C=CC(C)C(O)Cc1ccco1. The van der Waals surface area contributed by atoms with Crippen LogP contribution >= 0.6 is 0 Å². The highest BCUT2D eigenvalue weighted by Crippen LogP contribution is 2.11. The van der Waals surface area contributed by atoms with Crippen molar-refractivity contribution in [3.05, 3.63) is 36.8 Å². The van der Waals surface area contributed by atoms with E-state index < -0.39 is 6.10 Å². The maximum absolute atomic E-state index is 9.56. The van der Waals surface area contributed by atoms with Gasteiger partial charge in [-0.2, -0.15) is 0 Å². The summed E-state index contributed by atoms with van der Waals surface area (Å²) in [4.78, 5) is 0. The number of furan rings is 1. The van der Waals surface area contributed by atoms with E-state index in [1.165, 1.54) is 0 Å². The Morgan fingerprint density at radius 3 is 3.00 bits per heavy atom. The van der Waals surface area contributed by atoms with Gasteiger partial charge in [0.1, 0.15) is 5.76 Å². The molecule has 0 aliphatic carbocycles. The Morgan fingerprint density at radius 2 is 2.50 bits per heavy atom. The van der Waals surface area contributed by atoms with Gasteiger partial charge in [-0.3, -0.25) is 0 Å². The van der Waals surface area contributed by atoms with Crippen LogP contribution in [0.4, 0.5) is 0 Å². The predicted molar refractivity (Wildman–Crippen MR) is 47.8 cm³/mol. The van der Waals surface area contributed by atoms with Crippen LogP contribution in [0, 0.1) is 5.92 Å². The van der Waals surface area contributed by atoms with Gasteiger partial charge in [0, 0.05) is 12.3 Å². The summed E-state index contributed by atoms with van der Waals surface area (Å²) in [6.45, 7) is 5.55. The van der Waals surface area contributed by atoms with Gasteiger partial charge >= 0.3 is 0 Å². The van der Waals surface area contributed by atoms with Crippen molar-refractivity contribution >= 4 is 0 Å². The number of aliphatic hydroxyl groups excluding tert-OH is 1. The van der Waals surface area contributed by atoms with Gasteiger partial charge in [0.2, 0.25) is 0 Å². The fourth-order valence-corrected chi connectivity index (χ4v) is 0.978. The number of rotatable bonds is 4. The Kier molecular flexibility index (Phi) is 3.11. The molecule has 12 heavy (non-hydrogen) atoms. The quantitative estimate of drug-likeness (QED) is 0.694. The zero-order valence-corrected chi connectivity index (χ0v) is 7.23. The van der Waals surface area contributed by atoms with Crippen molar-refractivity contribution < 1.29 is 9.52 Å². The van der Waals surface area contributed by atoms with E-state index in [0.29, 0.717) is 6.42 Å². The molecular weight excluding hydrogens is 152 g/mol. The van der Waals surface area contributed by atoms with Gasteiger partial charge in [-0.1, -0.05) is 13.0 Å². The molecule has 0 aliphatic heterocycles. The van der Waals surface area contributed by atoms with Gasteiger partial charge in [0.05, 0.1) is 12.4 Å². The first-order valence-electron chi connectivity index (χ1n) is 4.07. The van der Waals surface area contributed by atoms with Crippen molar-refractivity contribution in [1.82, 2.24) is 0 Å². The second kappa shape index (κ2) is 4.12. The Morgan fingerprint density at radius 1 is 1.75 bits per heavy atom. The predicted octanol–water partition coefficient (Wildman–Crippen LogP) is 2.01. The van der Waals surface area contributed by atoms with Crippen LogP contribution in [0.1, 0.15) is 12.7 Å². The summed E-state index contributed by atoms with van der Waals surface area (Å²) < 4.78 is 5.10. The molecule has 1 N–H and O–H groups in total. The first-order valence-corrected chi connectivity index (χ1v) is 4.07. The topological polar surface area (TPSA) is 33.4 Å². The molecule has 0 saturated carbocycles. The summed E-state index contributed by atoms with van der Waals surface area (Å²) in [6.07, 6.45) is 3.52. The lowest BCUT2D eigenvalue weighted by Gasteiger charge is -2.12. The monoisotopic (exact) mass is 166 g/mol. The maximum atomic E-state index is 9.56. The van der Waals surface area contributed by atoms with Crippen LogP contribution in [0.5, 0.6) is 0 Å². The molecule has 1 heterocycles. The van der Waals surface area contributed by atoms with E-state index in [-0.39, 0.29) is 5.92 Å². The standard InChI is InChI=1S/C10H14O2/c1-3-8(2)10(11)7-9-5-4-6-12-9/h3-6,8,10-11H,1,7H2,2H3. The Bertz CT molecular complexity index is 226. The van der Waals surface area contributed by atoms with Gasteiger partial charge in [-0.05, 0) is 12.1 Å². The molecular formula is C10H14O2. The van der Waals surface area contributed by atoms with E-state index in [0.717, 1.165) is 5.76 Å². The third kappa shape index (κ3) is 2.24. The van der Waals surface area contributed by atoms with Crippen LogP contribution in [-0.2, 0) is 6.42 Å². The summed E-state index contributed by atoms with van der Waals surface area (Å²) in [5.41, 5.74) is 0. The largest absolute Gasteiger partial charge is 0.469 e. The van der Waals surface area contributed by atoms with Gasteiger partial charge in [-0.15, -0.1) is 6.58 Å². The molecule has 1 aromatic heterocycles. The Labute approximate surface area is 72.5 Å². The second-order valence-corrected chi connectivity index (χ2v) is 2.95. The smallest absolute Gasteiger partial charge is 0.106 e. The lowest BCUT2D eigenvalue weighted by Crippen LogP contribution is -2.17. The minimum absolute atomic E-state index is 0.107. The molecule has 0 aliphatic rings. The van der Waals surface area contributed by atoms with Gasteiger partial charge < -0.3 is 9.52 Å². The Balaban J connectivity index is 2.46. The molecule has 1 rings (SSSR count). The number of hydrogen-bond acceptors (Lipinski definition) is 2. The molecule has 0 aromatic carbocycles. The third-order valence-corrected chi connectivity index (χ3v) is 1.97. The van der Waals surface area contributed by atoms with Crippen molar-refractivity contribution in [2.45, 2.75) is 19.4 Å². The van der Waals surface area contributed by atoms with E-state index in [4.69, 9.17) is 4.42 Å². The molecule has 0 spiro atoms. The normalized spacial score (nSPS) is 15.5. The molecule has 0 radical (unpaired) electrons. The minimum atomic E-state index is -0.395. The molecule has 66 valence electrons. The molecule has 2 heteroatoms. The van der Waals surface area contributed by atoms with Crippen LogP contribution < -0.4 is 0 Å². The minimum Gasteiger partial charge on any atom is -0.469 e. The molecule has 0 amide bonds. The molecule has 0 fully saturated rings. The number of aliphatic hydroxyl groups is 1. The fourth-order valence-electron chi connectivity index (χ4n) is 0.978. The molecule has 2 nitrogen and oxygen atoms in total. The maximum Gasteiger partial charge on any atom is 0.106 e. The van der Waals surface area contributed by atoms with E-state index in [1.54, 1.807) is 12.3 Å². The van der Waals surface area contributed by atoms with Crippen LogP contribution in [0.25, 0.3) is 0 Å². The second-order valence-electron chi connectivity index (χ2n) is 2.95. The summed E-state index contributed by atoms with van der Waals surface area (Å²) in [5, 5.41) is 9.56. The highest BCUT2D eigenvalue weighted by Gasteiger charge is 2.12. The fraction of sp³-hybridized carbons (Fsp3) is 0.400. The van der Waals surface area contributed by atoms with E-state index in [9.17, 15) is 5.11 Å². The molecule has 2 atom stereocenters. The first-order chi connectivity index (χ1) is 5.74. The van der Waals surface area contributed by atoms with Crippen LogP contribution in [-0.4, -0.2) is 11.2 Å². The van der Waals surface area contributed by atoms with Crippen molar-refractivity contribution in [2.24, 2.45) is 5.92 Å². The van der Waals surface area contributed by atoms with Gasteiger partial charge in [-0.25, -0.2) is 0 Å². The van der Waals surface area contributed by atoms with Crippen LogP contribution in [0.15, 0.2) is 35.5 Å². The lowest BCUT2D eigenvalue weighted by molar-refractivity contribution is 0.132. The summed E-state index contributed by atoms with van der Waals surface area (Å²) in [7, 11) is 0. The highest BCUT2D eigenvalue weighted by molar-refractivity contribution is 5.00. The zero-order valence-electron chi connectivity index (χ0n) is 7.23. The third-order valence-electron chi connectivity index (χ3n) is 1.97. The number of hydrogen-bond donors (Lipinski definition) is 1. The van der Waals surface area contributed by atoms with E-state index in [1.807, 2.05) is 19.1 Å². The zero-order chi connectivity index (χ0) is 8.97. The van der Waals surface area contributed by atoms with Crippen LogP contribution in [0.3, 0.4) is 0 Å². The van der Waals surface area contributed by atoms with E-state index in [2.05, 4.69) is 6.58 Å². The average Bonchev–Trinajstić information content (AvgIpc) is 2.55. The molecule has 0 bridgehead atoms. The highest BCUT2D eigenvalue weighted by atomic mass is 16.3. The van der Waals surface area contributed by atoms with Gasteiger partial charge in [0.25, 0.3) is 0 Å². The average molecular weight is 166 g/mol. The van der Waals surface area contributed by atoms with Crippen LogP contribution in [0.2, 0.25) is 0 Å². The van der Waals surface area contributed by atoms with Crippen molar-refractivity contribution in [1.29, 1.82) is 0 Å². The lowest BCUT2D eigenvalue weighted by atomic mass is 10.0. The molecule has 0 saturated heterocycles. The van der Waals surface area contributed by atoms with Crippen molar-refractivity contribution in [3.8, 4) is 0 Å². The summed E-state index contributed by atoms with van der Waals surface area (Å²) in [5.74, 6) is 0.922.